The van der Waals surface area contributed by atoms with Gasteiger partial charge < -0.3 is 4.98 Å². The van der Waals surface area contributed by atoms with Crippen molar-refractivity contribution in [2.75, 3.05) is 19.6 Å². The predicted molar refractivity (Wildman–Crippen MR) is 78.6 cm³/mol. The highest BCUT2D eigenvalue weighted by Crippen LogP contribution is 2.28. The Kier molecular flexibility index (Phi) is 3.78. The number of thiazole rings is 1. The van der Waals surface area contributed by atoms with Gasteiger partial charge in [-0.2, -0.15) is 0 Å². The van der Waals surface area contributed by atoms with Crippen molar-refractivity contribution in [1.82, 2.24) is 14.8 Å². The van der Waals surface area contributed by atoms with Crippen LogP contribution in [0.2, 0.25) is 0 Å². The van der Waals surface area contributed by atoms with E-state index in [1.807, 2.05) is 5.38 Å². The van der Waals surface area contributed by atoms with Crippen LogP contribution >= 0.6 is 11.3 Å². The molecule has 0 aliphatic carbocycles. The average Bonchev–Trinajstić information content (AvgIpc) is 2.96. The van der Waals surface area contributed by atoms with Crippen LogP contribution in [0.25, 0.3) is 0 Å². The number of piperazine rings is 1. The van der Waals surface area contributed by atoms with Gasteiger partial charge in [-0.15, -0.1) is 0 Å². The molecule has 1 aromatic rings. The third-order valence-electron chi connectivity index (χ3n) is 4.55. The van der Waals surface area contributed by atoms with E-state index in [0.717, 1.165) is 24.8 Å². The van der Waals surface area contributed by atoms with Crippen LogP contribution in [0.5, 0.6) is 0 Å². The Morgan fingerprint density at radius 1 is 1.47 bits per heavy atom. The number of nitrogens with one attached hydrogen (secondary N) is 1. The molecule has 3 rings (SSSR count). The summed E-state index contributed by atoms with van der Waals surface area (Å²) in [5, 5.41) is 1.97. The first-order chi connectivity index (χ1) is 9.13. The third-order valence-corrected chi connectivity index (χ3v) is 5.27. The summed E-state index contributed by atoms with van der Waals surface area (Å²) in [6.45, 7) is 9.13. The topological polar surface area (TPSA) is 39.3 Å². The van der Waals surface area contributed by atoms with E-state index in [9.17, 15) is 4.79 Å². The van der Waals surface area contributed by atoms with Crippen molar-refractivity contribution in [3.05, 3.63) is 20.7 Å². The van der Waals surface area contributed by atoms with Crippen molar-refractivity contribution in [3.63, 3.8) is 0 Å². The molecule has 1 aromatic heterocycles. The van der Waals surface area contributed by atoms with Crippen molar-refractivity contribution < 1.29 is 0 Å². The molecule has 0 amide bonds. The van der Waals surface area contributed by atoms with Crippen LogP contribution in [-0.4, -0.2) is 46.5 Å². The molecule has 3 heterocycles. The Hall–Kier alpha value is -0.650. The van der Waals surface area contributed by atoms with Crippen molar-refractivity contribution in [2.45, 2.75) is 45.3 Å². The summed E-state index contributed by atoms with van der Waals surface area (Å²) in [5.74, 6) is 0.659. The maximum Gasteiger partial charge on any atom is 0.304 e. The Morgan fingerprint density at radius 3 is 3.00 bits per heavy atom. The lowest BCUT2D eigenvalue weighted by molar-refractivity contribution is 0.0232. The first-order valence-electron chi connectivity index (χ1n) is 7.28. The molecule has 106 valence electrons. The second kappa shape index (κ2) is 5.38. The zero-order valence-electron chi connectivity index (χ0n) is 11.8. The number of hydrogen-bond donors (Lipinski definition) is 1. The minimum atomic E-state index is 0.0654. The molecule has 2 aliphatic rings. The van der Waals surface area contributed by atoms with Crippen LogP contribution in [0.1, 0.15) is 32.4 Å². The van der Waals surface area contributed by atoms with Gasteiger partial charge in [0.2, 0.25) is 0 Å². The van der Waals surface area contributed by atoms with Gasteiger partial charge in [-0.3, -0.25) is 14.6 Å². The minimum Gasteiger partial charge on any atom is -0.315 e. The normalized spacial score (nSPS) is 29.0. The van der Waals surface area contributed by atoms with Gasteiger partial charge in [0.15, 0.2) is 0 Å². The van der Waals surface area contributed by atoms with Crippen LogP contribution in [0, 0.1) is 5.92 Å². The highest BCUT2D eigenvalue weighted by atomic mass is 32.1. The van der Waals surface area contributed by atoms with E-state index in [1.165, 1.54) is 37.3 Å². The van der Waals surface area contributed by atoms with Gasteiger partial charge in [-0.05, 0) is 25.3 Å². The number of fused-ring (bicyclic) bond motifs is 1. The quantitative estimate of drug-likeness (QED) is 0.917. The van der Waals surface area contributed by atoms with Gasteiger partial charge in [0.05, 0.1) is 0 Å². The highest BCUT2D eigenvalue weighted by Gasteiger charge is 2.37. The Balaban J connectivity index is 1.74. The lowest BCUT2D eigenvalue weighted by atomic mass is 9.97. The van der Waals surface area contributed by atoms with Gasteiger partial charge in [-0.1, -0.05) is 25.2 Å². The number of hydrogen-bond acceptors (Lipinski definition) is 4. The highest BCUT2D eigenvalue weighted by molar-refractivity contribution is 7.07. The zero-order valence-corrected chi connectivity index (χ0v) is 12.6. The number of aromatic amines is 1. The Bertz CT molecular complexity index is 481. The Morgan fingerprint density at radius 2 is 2.32 bits per heavy atom. The zero-order chi connectivity index (χ0) is 13.4. The smallest absolute Gasteiger partial charge is 0.304 e. The SMILES string of the molecule is CC(C)C1CN2CCCC2CN1Cc1csc(=O)[nH]1. The van der Waals surface area contributed by atoms with Gasteiger partial charge in [-0.25, -0.2) is 0 Å². The maximum absolute atomic E-state index is 11.3. The summed E-state index contributed by atoms with van der Waals surface area (Å²) in [5.41, 5.74) is 1.08. The van der Waals surface area contributed by atoms with Gasteiger partial charge >= 0.3 is 4.87 Å². The third kappa shape index (κ3) is 2.78. The summed E-state index contributed by atoms with van der Waals surface area (Å²) >= 11 is 1.27. The summed E-state index contributed by atoms with van der Waals surface area (Å²) < 4.78 is 0. The molecule has 1 N–H and O–H groups in total. The molecule has 0 aromatic carbocycles. The summed E-state index contributed by atoms with van der Waals surface area (Å²) in [7, 11) is 0. The lowest BCUT2D eigenvalue weighted by Gasteiger charge is -2.45. The number of H-pyrrole nitrogens is 1. The molecule has 2 saturated heterocycles. The fourth-order valence-electron chi connectivity index (χ4n) is 3.53. The molecule has 0 bridgehead atoms. The van der Waals surface area contributed by atoms with Gasteiger partial charge in [0.25, 0.3) is 0 Å². The molecular weight excluding hydrogens is 258 g/mol. The lowest BCUT2D eigenvalue weighted by Crippen LogP contribution is -2.57. The summed E-state index contributed by atoms with van der Waals surface area (Å²) in [6, 6.07) is 1.35. The fourth-order valence-corrected chi connectivity index (χ4v) is 4.10. The second-order valence-corrected chi connectivity index (χ2v) is 7.05. The first-order valence-corrected chi connectivity index (χ1v) is 8.16. The number of nitrogens with zero attached hydrogens (tertiary/aromatic N) is 2. The molecule has 2 aliphatic heterocycles. The summed E-state index contributed by atoms with van der Waals surface area (Å²) in [4.78, 5) is 19.5. The van der Waals surface area contributed by atoms with E-state index in [1.54, 1.807) is 0 Å². The minimum absolute atomic E-state index is 0.0654. The van der Waals surface area contributed by atoms with E-state index >= 15 is 0 Å². The molecule has 0 radical (unpaired) electrons. The molecule has 2 fully saturated rings. The van der Waals surface area contributed by atoms with E-state index < -0.39 is 0 Å². The largest absolute Gasteiger partial charge is 0.315 e. The van der Waals surface area contributed by atoms with Crippen LogP contribution in [-0.2, 0) is 6.54 Å². The van der Waals surface area contributed by atoms with Gasteiger partial charge in [0.1, 0.15) is 0 Å². The molecule has 0 saturated carbocycles. The van der Waals surface area contributed by atoms with Gasteiger partial charge in [0, 0.05) is 42.8 Å². The fraction of sp³-hybridized carbons (Fsp3) is 0.786. The van der Waals surface area contributed by atoms with Crippen LogP contribution < -0.4 is 4.87 Å². The van der Waals surface area contributed by atoms with E-state index in [2.05, 4.69) is 28.6 Å². The van der Waals surface area contributed by atoms with Crippen LogP contribution in [0.4, 0.5) is 0 Å². The molecule has 19 heavy (non-hydrogen) atoms. The standard InChI is InChI=1S/C14H23N3OS/c1-10(2)13-8-16-5-3-4-12(16)7-17(13)6-11-9-19-14(18)15-11/h9-10,12-13H,3-8H2,1-2H3,(H,15,18). The maximum atomic E-state index is 11.3. The molecule has 2 unspecified atom stereocenters. The molecular formula is C14H23N3OS. The molecule has 5 heteroatoms. The molecule has 4 nitrogen and oxygen atoms in total. The van der Waals surface area contributed by atoms with Crippen LogP contribution in [0.3, 0.4) is 0 Å². The predicted octanol–water partition coefficient (Wildman–Crippen LogP) is 1.74. The van der Waals surface area contributed by atoms with Crippen LogP contribution in [0.15, 0.2) is 10.2 Å². The monoisotopic (exact) mass is 281 g/mol. The first kappa shape index (κ1) is 13.3. The number of rotatable bonds is 3. The number of aromatic nitrogens is 1. The van der Waals surface area contributed by atoms with E-state index in [-0.39, 0.29) is 4.87 Å². The second-order valence-electron chi connectivity index (χ2n) is 6.21. The Labute approximate surface area is 118 Å². The van der Waals surface area contributed by atoms with Crippen molar-refractivity contribution in [2.24, 2.45) is 5.92 Å². The molecule has 0 spiro atoms. The molecule has 2 atom stereocenters. The van der Waals surface area contributed by atoms with E-state index in [0.29, 0.717) is 12.0 Å². The van der Waals surface area contributed by atoms with Crippen molar-refractivity contribution in [3.8, 4) is 0 Å². The van der Waals surface area contributed by atoms with Crippen molar-refractivity contribution >= 4 is 11.3 Å². The summed E-state index contributed by atoms with van der Waals surface area (Å²) in [6.07, 6.45) is 2.68. The van der Waals surface area contributed by atoms with Crippen molar-refractivity contribution in [1.29, 1.82) is 0 Å². The van der Waals surface area contributed by atoms with E-state index in [4.69, 9.17) is 0 Å². The average molecular weight is 281 g/mol.